The van der Waals surface area contributed by atoms with E-state index in [9.17, 15) is 9.59 Å². The highest BCUT2D eigenvalue weighted by atomic mass is 16.5. The molecule has 0 spiro atoms. The Balaban J connectivity index is 1.74. The number of nitrogens with zero attached hydrogens (tertiary/aromatic N) is 1. The Morgan fingerprint density at radius 2 is 1.78 bits per heavy atom. The molecule has 0 saturated heterocycles. The minimum Gasteiger partial charge on any atom is -0.465 e. The molecule has 0 aromatic heterocycles. The summed E-state index contributed by atoms with van der Waals surface area (Å²) in [5, 5.41) is 2.90. The van der Waals surface area contributed by atoms with Crippen LogP contribution in [0.25, 0.3) is 6.08 Å². The number of carbonyl (C=O) groups is 2. The highest BCUT2D eigenvalue weighted by Gasteiger charge is 2.04. The van der Waals surface area contributed by atoms with E-state index >= 15 is 0 Å². The monoisotopic (exact) mass is 366 g/mol. The molecule has 0 unspecified atom stereocenters. The maximum absolute atomic E-state index is 11.9. The van der Waals surface area contributed by atoms with E-state index in [1.807, 2.05) is 18.2 Å². The Morgan fingerprint density at radius 3 is 2.41 bits per heavy atom. The second kappa shape index (κ2) is 10.8. The van der Waals surface area contributed by atoms with Crippen molar-refractivity contribution in [2.45, 2.75) is 13.3 Å². The highest BCUT2D eigenvalue weighted by Crippen LogP contribution is 2.12. The molecule has 0 radical (unpaired) electrons. The van der Waals surface area contributed by atoms with Crippen LogP contribution in [0.1, 0.15) is 29.3 Å². The number of hydrogen-bond donors (Lipinski definition) is 1. The molecule has 5 heteroatoms. The first-order valence-electron chi connectivity index (χ1n) is 9.08. The Kier molecular flexibility index (Phi) is 8.10. The average molecular weight is 366 g/mol. The lowest BCUT2D eigenvalue weighted by molar-refractivity contribution is -0.116. The molecule has 0 aliphatic carbocycles. The number of hydrogen-bond acceptors (Lipinski definition) is 4. The van der Waals surface area contributed by atoms with Gasteiger partial charge in [0.1, 0.15) is 0 Å². The molecule has 0 atom stereocenters. The summed E-state index contributed by atoms with van der Waals surface area (Å²) in [7, 11) is 1.35. The van der Waals surface area contributed by atoms with Crippen LogP contribution in [-0.2, 0) is 9.53 Å². The number of anilines is 1. The largest absolute Gasteiger partial charge is 0.465 e. The zero-order chi connectivity index (χ0) is 19.5. The minimum absolute atomic E-state index is 0.130. The van der Waals surface area contributed by atoms with Crippen LogP contribution < -0.4 is 10.2 Å². The number of rotatable bonds is 9. The molecule has 2 rings (SSSR count). The first-order valence-corrected chi connectivity index (χ1v) is 9.08. The first kappa shape index (κ1) is 20.2. The molecule has 0 aliphatic heterocycles. The molecule has 1 amide bonds. The average Bonchev–Trinajstić information content (AvgIpc) is 2.72. The van der Waals surface area contributed by atoms with E-state index in [-0.39, 0.29) is 11.9 Å². The summed E-state index contributed by atoms with van der Waals surface area (Å²) < 4.78 is 4.66. The van der Waals surface area contributed by atoms with Crippen LogP contribution in [0.2, 0.25) is 0 Å². The quantitative estimate of drug-likeness (QED) is 0.419. The van der Waals surface area contributed by atoms with Gasteiger partial charge in [-0.15, -0.1) is 0 Å². The summed E-state index contributed by atoms with van der Waals surface area (Å²) >= 11 is 0. The number of para-hydroxylation sites is 1. The van der Waals surface area contributed by atoms with Gasteiger partial charge >= 0.3 is 5.97 Å². The summed E-state index contributed by atoms with van der Waals surface area (Å²) in [6, 6.07) is 17.1. The molecule has 0 aliphatic rings. The number of nitrogens with one attached hydrogen (secondary N) is 1. The number of ether oxygens (including phenoxy) is 1. The van der Waals surface area contributed by atoms with Crippen LogP contribution in [0.4, 0.5) is 5.69 Å². The van der Waals surface area contributed by atoms with Crippen LogP contribution in [-0.4, -0.2) is 38.6 Å². The fourth-order valence-corrected chi connectivity index (χ4v) is 2.67. The SMILES string of the molecule is CCN(CCCNC(=O)C=Cc1ccc(C(=O)OC)cc1)c1ccccc1. The topological polar surface area (TPSA) is 58.6 Å². The molecule has 0 fully saturated rings. The molecule has 2 aromatic rings. The van der Waals surface area contributed by atoms with Gasteiger partial charge in [0.05, 0.1) is 12.7 Å². The number of benzene rings is 2. The first-order chi connectivity index (χ1) is 13.1. The fraction of sp³-hybridized carbons (Fsp3) is 0.273. The molecule has 0 heterocycles. The van der Waals surface area contributed by atoms with Crippen molar-refractivity contribution in [2.24, 2.45) is 0 Å². The van der Waals surface area contributed by atoms with E-state index in [0.29, 0.717) is 12.1 Å². The van der Waals surface area contributed by atoms with Gasteiger partial charge in [0.2, 0.25) is 5.91 Å². The Hall–Kier alpha value is -3.08. The Morgan fingerprint density at radius 1 is 1.07 bits per heavy atom. The van der Waals surface area contributed by atoms with Crippen LogP contribution in [0.5, 0.6) is 0 Å². The van der Waals surface area contributed by atoms with Gasteiger partial charge in [0.25, 0.3) is 0 Å². The summed E-state index contributed by atoms with van der Waals surface area (Å²) in [5.41, 5.74) is 2.53. The van der Waals surface area contributed by atoms with Gasteiger partial charge in [0, 0.05) is 31.4 Å². The van der Waals surface area contributed by atoms with E-state index in [4.69, 9.17) is 0 Å². The Labute approximate surface area is 160 Å². The van der Waals surface area contributed by atoms with Crippen molar-refractivity contribution in [2.75, 3.05) is 31.6 Å². The zero-order valence-corrected chi connectivity index (χ0v) is 15.9. The summed E-state index contributed by atoms with van der Waals surface area (Å²) in [4.78, 5) is 25.6. The normalized spacial score (nSPS) is 10.6. The number of carbonyl (C=O) groups excluding carboxylic acids is 2. The van der Waals surface area contributed by atoms with Crippen molar-refractivity contribution in [3.8, 4) is 0 Å². The molecular weight excluding hydrogens is 340 g/mol. The van der Waals surface area contributed by atoms with Crippen molar-refractivity contribution < 1.29 is 14.3 Å². The molecule has 2 aromatic carbocycles. The van der Waals surface area contributed by atoms with Gasteiger partial charge in [-0.2, -0.15) is 0 Å². The highest BCUT2D eigenvalue weighted by molar-refractivity contribution is 5.92. The lowest BCUT2D eigenvalue weighted by Crippen LogP contribution is -2.29. The lowest BCUT2D eigenvalue weighted by atomic mass is 10.1. The van der Waals surface area contributed by atoms with Gasteiger partial charge < -0.3 is 15.0 Å². The van der Waals surface area contributed by atoms with Crippen LogP contribution in [0, 0.1) is 0 Å². The molecule has 142 valence electrons. The molecule has 5 nitrogen and oxygen atoms in total. The van der Waals surface area contributed by atoms with Gasteiger partial charge in [-0.1, -0.05) is 30.3 Å². The van der Waals surface area contributed by atoms with Crippen LogP contribution in [0.15, 0.2) is 60.7 Å². The van der Waals surface area contributed by atoms with Crippen molar-refractivity contribution in [1.82, 2.24) is 5.32 Å². The second-order valence-electron chi connectivity index (χ2n) is 6.01. The van der Waals surface area contributed by atoms with Crippen LogP contribution in [0.3, 0.4) is 0 Å². The smallest absolute Gasteiger partial charge is 0.337 e. The minimum atomic E-state index is -0.375. The maximum Gasteiger partial charge on any atom is 0.337 e. The maximum atomic E-state index is 11.9. The third-order valence-corrected chi connectivity index (χ3v) is 4.17. The number of methoxy groups -OCH3 is 1. The van der Waals surface area contributed by atoms with E-state index in [0.717, 1.165) is 25.1 Å². The Bertz CT molecular complexity index is 755. The molecule has 27 heavy (non-hydrogen) atoms. The van der Waals surface area contributed by atoms with Crippen molar-refractivity contribution >= 4 is 23.6 Å². The van der Waals surface area contributed by atoms with Gasteiger partial charge in [-0.25, -0.2) is 4.79 Å². The molecular formula is C22H26N2O3. The van der Waals surface area contributed by atoms with E-state index in [2.05, 4.69) is 34.0 Å². The van der Waals surface area contributed by atoms with Crippen molar-refractivity contribution in [1.29, 1.82) is 0 Å². The zero-order valence-electron chi connectivity index (χ0n) is 15.9. The van der Waals surface area contributed by atoms with Crippen LogP contribution >= 0.6 is 0 Å². The van der Waals surface area contributed by atoms with E-state index in [1.54, 1.807) is 30.3 Å². The second-order valence-corrected chi connectivity index (χ2v) is 6.01. The summed E-state index contributed by atoms with van der Waals surface area (Å²) in [6.07, 6.45) is 4.09. The molecule has 1 N–H and O–H groups in total. The third-order valence-electron chi connectivity index (χ3n) is 4.17. The van der Waals surface area contributed by atoms with E-state index in [1.165, 1.54) is 18.9 Å². The molecule has 0 bridgehead atoms. The van der Waals surface area contributed by atoms with Gasteiger partial charge in [-0.3, -0.25) is 4.79 Å². The van der Waals surface area contributed by atoms with Gasteiger partial charge in [0.15, 0.2) is 0 Å². The van der Waals surface area contributed by atoms with Gasteiger partial charge in [-0.05, 0) is 49.2 Å². The predicted molar refractivity (Wildman–Crippen MR) is 109 cm³/mol. The third kappa shape index (κ3) is 6.62. The van der Waals surface area contributed by atoms with Crippen molar-refractivity contribution in [3.63, 3.8) is 0 Å². The standard InChI is InChI=1S/C22H26N2O3/c1-3-24(20-8-5-4-6-9-20)17-7-16-23-21(25)15-12-18-10-13-19(14-11-18)22(26)27-2/h4-6,8-15H,3,7,16-17H2,1-2H3,(H,23,25). The summed E-state index contributed by atoms with van der Waals surface area (Å²) in [6.45, 7) is 4.56. The number of esters is 1. The van der Waals surface area contributed by atoms with E-state index < -0.39 is 0 Å². The molecule has 0 saturated carbocycles. The number of amides is 1. The fourth-order valence-electron chi connectivity index (χ4n) is 2.67. The van der Waals surface area contributed by atoms with Crippen molar-refractivity contribution in [3.05, 3.63) is 71.8 Å². The summed E-state index contributed by atoms with van der Waals surface area (Å²) in [5.74, 6) is -0.505. The predicted octanol–water partition coefficient (Wildman–Crippen LogP) is 3.52. The lowest BCUT2D eigenvalue weighted by Gasteiger charge is -2.23.